The minimum atomic E-state index is -0.552. The second-order valence-electron chi connectivity index (χ2n) is 7.52. The van der Waals surface area contributed by atoms with Crippen molar-refractivity contribution in [3.05, 3.63) is 34.4 Å². The van der Waals surface area contributed by atoms with Gasteiger partial charge in [-0.15, -0.1) is 0 Å². The third-order valence-electron chi connectivity index (χ3n) is 4.29. The maximum Gasteiger partial charge on any atom is 0.419 e. The van der Waals surface area contributed by atoms with Crippen molar-refractivity contribution in [2.75, 3.05) is 13.2 Å². The summed E-state index contributed by atoms with van der Waals surface area (Å²) in [5.41, 5.74) is 1.32. The normalized spacial score (nSPS) is 18.2. The fraction of sp³-hybridized carbons (Fsp3) is 0.550. The first kappa shape index (κ1) is 19.4. The van der Waals surface area contributed by atoms with Crippen LogP contribution in [-0.2, 0) is 20.6 Å². The van der Waals surface area contributed by atoms with E-state index in [0.29, 0.717) is 13.0 Å². The number of carbonyl (C=O) groups excluding carboxylic acids is 1. The summed E-state index contributed by atoms with van der Waals surface area (Å²) in [7, 11) is 0. The summed E-state index contributed by atoms with van der Waals surface area (Å²) in [4.78, 5) is 12.7. The van der Waals surface area contributed by atoms with Gasteiger partial charge in [0.25, 0.3) is 0 Å². The Morgan fingerprint density at radius 2 is 2.08 bits per heavy atom. The van der Waals surface area contributed by atoms with Crippen LogP contribution in [0, 0.1) is 0 Å². The third kappa shape index (κ3) is 4.48. The highest BCUT2D eigenvalue weighted by Crippen LogP contribution is 2.32. The van der Waals surface area contributed by atoms with Gasteiger partial charge < -0.3 is 14.2 Å². The van der Waals surface area contributed by atoms with Gasteiger partial charge in [0.15, 0.2) is 6.29 Å². The number of hydrogen-bond acceptors (Lipinski definition) is 4. The smallest absolute Gasteiger partial charge is 0.419 e. The average Bonchev–Trinajstić information content (AvgIpc) is 2.86. The molecule has 6 heteroatoms. The second kappa shape index (κ2) is 8.11. The molecule has 0 amide bonds. The molecule has 0 aliphatic carbocycles. The van der Waals surface area contributed by atoms with E-state index in [1.807, 2.05) is 45.0 Å². The van der Waals surface area contributed by atoms with Crippen molar-refractivity contribution in [1.82, 2.24) is 4.57 Å². The lowest BCUT2D eigenvalue weighted by Gasteiger charge is -2.22. The van der Waals surface area contributed by atoms with E-state index in [4.69, 9.17) is 14.2 Å². The van der Waals surface area contributed by atoms with Crippen LogP contribution >= 0.6 is 15.9 Å². The maximum atomic E-state index is 12.7. The van der Waals surface area contributed by atoms with E-state index in [1.54, 1.807) is 4.57 Å². The van der Waals surface area contributed by atoms with Gasteiger partial charge in [-0.25, -0.2) is 9.36 Å². The second-order valence-corrected chi connectivity index (χ2v) is 8.27. The van der Waals surface area contributed by atoms with Crippen molar-refractivity contribution in [3.8, 4) is 0 Å². The number of ether oxygens (including phenoxy) is 3. The van der Waals surface area contributed by atoms with Crippen LogP contribution in [0.5, 0.6) is 0 Å². The summed E-state index contributed by atoms with van der Waals surface area (Å²) in [6, 6.07) is 7.85. The molecule has 1 unspecified atom stereocenters. The van der Waals surface area contributed by atoms with E-state index in [0.717, 1.165) is 46.9 Å². The van der Waals surface area contributed by atoms with E-state index in [-0.39, 0.29) is 12.4 Å². The average molecular weight is 424 g/mol. The molecule has 5 nitrogen and oxygen atoms in total. The number of benzene rings is 1. The van der Waals surface area contributed by atoms with Crippen molar-refractivity contribution in [1.29, 1.82) is 0 Å². The van der Waals surface area contributed by atoms with Crippen molar-refractivity contribution >= 4 is 32.9 Å². The number of fused-ring (bicyclic) bond motifs is 1. The van der Waals surface area contributed by atoms with Crippen LogP contribution in [0.15, 0.2) is 28.9 Å². The van der Waals surface area contributed by atoms with Gasteiger partial charge in [0.05, 0.1) is 16.7 Å². The molecule has 0 saturated carbocycles. The van der Waals surface area contributed by atoms with Gasteiger partial charge in [0.2, 0.25) is 0 Å². The number of para-hydroxylation sites is 1. The Morgan fingerprint density at radius 1 is 1.31 bits per heavy atom. The zero-order valence-corrected chi connectivity index (χ0v) is 17.2. The maximum absolute atomic E-state index is 12.7. The Hall–Kier alpha value is -1.37. The minimum Gasteiger partial charge on any atom is -0.443 e. The zero-order chi connectivity index (χ0) is 18.7. The highest BCUT2D eigenvalue weighted by molar-refractivity contribution is 9.10. The van der Waals surface area contributed by atoms with Crippen LogP contribution < -0.4 is 0 Å². The largest absolute Gasteiger partial charge is 0.443 e. The molecule has 2 heterocycles. The van der Waals surface area contributed by atoms with Gasteiger partial charge in [-0.05, 0) is 74.0 Å². The minimum absolute atomic E-state index is 0.110. The predicted octanol–water partition coefficient (Wildman–Crippen LogP) is 5.27. The van der Waals surface area contributed by atoms with Crippen molar-refractivity contribution in [2.45, 2.75) is 58.3 Å². The van der Waals surface area contributed by atoms with Gasteiger partial charge in [-0.1, -0.05) is 18.2 Å². The first-order chi connectivity index (χ1) is 12.4. The number of rotatable bonds is 4. The van der Waals surface area contributed by atoms with E-state index < -0.39 is 5.60 Å². The van der Waals surface area contributed by atoms with Gasteiger partial charge >= 0.3 is 6.09 Å². The number of carbonyl (C=O) groups is 1. The summed E-state index contributed by atoms with van der Waals surface area (Å²) >= 11 is 3.60. The fourth-order valence-corrected chi connectivity index (χ4v) is 3.88. The Labute approximate surface area is 162 Å². The molecule has 0 spiro atoms. The summed E-state index contributed by atoms with van der Waals surface area (Å²) in [6.07, 6.45) is 3.39. The molecule has 1 aromatic heterocycles. The molecular formula is C20H26BrNO4. The van der Waals surface area contributed by atoms with Crippen molar-refractivity contribution in [3.63, 3.8) is 0 Å². The molecular weight excluding hydrogens is 398 g/mol. The van der Waals surface area contributed by atoms with Crippen LogP contribution in [-0.4, -0.2) is 35.8 Å². The SMILES string of the molecule is CC(C)(C)OC(=O)n1c(Br)c(CCOC2CCCCO2)c2ccccc21. The zero-order valence-electron chi connectivity index (χ0n) is 15.6. The Kier molecular flexibility index (Phi) is 6.05. The molecule has 2 aromatic rings. The Morgan fingerprint density at radius 3 is 2.77 bits per heavy atom. The molecule has 26 heavy (non-hydrogen) atoms. The van der Waals surface area contributed by atoms with Crippen molar-refractivity contribution in [2.24, 2.45) is 0 Å². The molecule has 0 N–H and O–H groups in total. The van der Waals surface area contributed by atoms with E-state index in [9.17, 15) is 4.79 Å². The van der Waals surface area contributed by atoms with E-state index in [1.165, 1.54) is 0 Å². The third-order valence-corrected chi connectivity index (χ3v) is 5.12. The standard InChI is InChI=1S/C20H26BrNO4/c1-20(2,3)26-19(23)22-16-9-5-4-8-14(16)15(18(22)21)11-13-25-17-10-6-7-12-24-17/h4-5,8-9,17H,6-7,10-13H2,1-3H3. The molecule has 1 aliphatic heterocycles. The summed E-state index contributed by atoms with van der Waals surface area (Å²) in [5.74, 6) is 0. The van der Waals surface area contributed by atoms with Crippen LogP contribution in [0.2, 0.25) is 0 Å². The molecule has 3 rings (SSSR count). The lowest BCUT2D eigenvalue weighted by atomic mass is 10.1. The molecule has 1 fully saturated rings. The lowest BCUT2D eigenvalue weighted by Crippen LogP contribution is -2.27. The lowest BCUT2D eigenvalue weighted by molar-refractivity contribution is -0.161. The van der Waals surface area contributed by atoms with Gasteiger partial charge in [0, 0.05) is 12.0 Å². The summed E-state index contributed by atoms with van der Waals surface area (Å²) in [5, 5.41) is 1.03. The Balaban J connectivity index is 1.81. The quantitative estimate of drug-likeness (QED) is 0.671. The van der Waals surface area contributed by atoms with Crippen LogP contribution in [0.25, 0.3) is 10.9 Å². The van der Waals surface area contributed by atoms with E-state index in [2.05, 4.69) is 15.9 Å². The van der Waals surface area contributed by atoms with Crippen molar-refractivity contribution < 1.29 is 19.0 Å². The number of hydrogen-bond donors (Lipinski definition) is 0. The first-order valence-electron chi connectivity index (χ1n) is 9.11. The van der Waals surface area contributed by atoms with Gasteiger partial charge in [-0.3, -0.25) is 0 Å². The molecule has 1 aliphatic rings. The highest BCUT2D eigenvalue weighted by atomic mass is 79.9. The van der Waals surface area contributed by atoms with Gasteiger partial charge in [-0.2, -0.15) is 0 Å². The first-order valence-corrected chi connectivity index (χ1v) is 9.90. The topological polar surface area (TPSA) is 49.7 Å². The van der Waals surface area contributed by atoms with Crippen LogP contribution in [0.4, 0.5) is 4.79 Å². The van der Waals surface area contributed by atoms with Gasteiger partial charge in [0.1, 0.15) is 5.60 Å². The summed E-state index contributed by atoms with van der Waals surface area (Å²) in [6.45, 7) is 6.91. The van der Waals surface area contributed by atoms with Crippen LogP contribution in [0.3, 0.4) is 0 Å². The van der Waals surface area contributed by atoms with E-state index >= 15 is 0 Å². The molecule has 142 valence electrons. The Bertz CT molecular complexity index is 772. The predicted molar refractivity (Wildman–Crippen MR) is 105 cm³/mol. The fourth-order valence-electron chi connectivity index (χ4n) is 3.13. The molecule has 1 saturated heterocycles. The highest BCUT2D eigenvalue weighted by Gasteiger charge is 2.24. The monoisotopic (exact) mass is 423 g/mol. The number of aromatic nitrogens is 1. The molecule has 0 radical (unpaired) electrons. The molecule has 0 bridgehead atoms. The molecule has 1 atom stereocenters. The number of nitrogens with zero attached hydrogens (tertiary/aromatic N) is 1. The molecule has 1 aromatic carbocycles. The number of halogens is 1. The van der Waals surface area contributed by atoms with Crippen LogP contribution in [0.1, 0.15) is 45.6 Å². The summed E-state index contributed by atoms with van der Waals surface area (Å²) < 4.78 is 19.4.